The number of fused-ring (bicyclic) bond motifs is 1. The third-order valence-electron chi connectivity index (χ3n) is 6.56. The van der Waals surface area contributed by atoms with Gasteiger partial charge in [-0.2, -0.15) is 15.9 Å². The number of nitriles is 1. The summed E-state index contributed by atoms with van der Waals surface area (Å²) in [5.41, 5.74) is 2.51. The number of hydrogen-bond acceptors (Lipinski definition) is 5. The Bertz CT molecular complexity index is 942. The fraction of sp³-hybridized carbons (Fsp3) is 0.500. The molecule has 0 radical (unpaired) electrons. The van der Waals surface area contributed by atoms with Crippen LogP contribution in [0.4, 0.5) is 0 Å². The van der Waals surface area contributed by atoms with Gasteiger partial charge in [0.2, 0.25) is 0 Å². The topological polar surface area (TPSA) is 85.5 Å². The van der Waals surface area contributed by atoms with Gasteiger partial charge in [-0.3, -0.25) is 14.4 Å². The lowest BCUT2D eigenvalue weighted by Crippen LogP contribution is -2.49. The second-order valence-electron chi connectivity index (χ2n) is 8.75. The molecule has 32 heavy (non-hydrogen) atoms. The van der Waals surface area contributed by atoms with Crippen molar-refractivity contribution in [2.75, 3.05) is 12.9 Å². The highest BCUT2D eigenvalue weighted by molar-refractivity contribution is 8.24. The highest BCUT2D eigenvalue weighted by atomic mass is 32.3. The first-order chi connectivity index (χ1) is 15.4. The molecule has 174 valence electrons. The predicted molar refractivity (Wildman–Crippen MR) is 131 cm³/mol. The monoisotopic (exact) mass is 456 g/mol. The van der Waals surface area contributed by atoms with Gasteiger partial charge in [-0.25, -0.2) is 0 Å². The smallest absolute Gasteiger partial charge is 0.122 e. The number of nitrogens with one attached hydrogen (secondary N) is 1. The van der Waals surface area contributed by atoms with Crippen molar-refractivity contribution < 1.29 is 13.8 Å². The van der Waals surface area contributed by atoms with E-state index in [1.165, 1.54) is 0 Å². The summed E-state index contributed by atoms with van der Waals surface area (Å²) in [6.45, 7) is 4.30. The van der Waals surface area contributed by atoms with Crippen LogP contribution in [0.2, 0.25) is 0 Å². The fourth-order valence-electron chi connectivity index (χ4n) is 4.71. The molecular weight excluding hydrogens is 420 g/mol. The van der Waals surface area contributed by atoms with Gasteiger partial charge in [0.1, 0.15) is 5.75 Å². The van der Waals surface area contributed by atoms with Crippen LogP contribution in [0.25, 0.3) is 0 Å². The van der Waals surface area contributed by atoms with Crippen molar-refractivity contribution >= 4 is 10.6 Å². The van der Waals surface area contributed by atoms with Crippen molar-refractivity contribution in [1.82, 2.24) is 5.32 Å². The van der Waals surface area contributed by atoms with Crippen LogP contribution >= 0.6 is 10.6 Å². The fourth-order valence-corrected chi connectivity index (χ4v) is 6.95. The Kier molecular flexibility index (Phi) is 8.24. The number of methoxy groups -OCH3 is 1. The van der Waals surface area contributed by atoms with E-state index in [1.54, 1.807) is 7.11 Å². The minimum Gasteiger partial charge on any atom is -0.496 e. The quantitative estimate of drug-likeness (QED) is 0.366. The van der Waals surface area contributed by atoms with Crippen LogP contribution in [-0.2, 0) is 6.42 Å². The molecule has 0 saturated heterocycles. The van der Waals surface area contributed by atoms with Crippen molar-refractivity contribution in [3.05, 3.63) is 59.2 Å². The summed E-state index contributed by atoms with van der Waals surface area (Å²) in [5, 5.41) is 12.8. The number of nitrogens with zero attached hydrogens (tertiary/aromatic N) is 1. The number of ether oxygens (including phenoxy) is 1. The molecular formula is C26H36N2O3S. The molecule has 2 unspecified atom stereocenters. The average molecular weight is 457 g/mol. The lowest BCUT2D eigenvalue weighted by atomic mass is 9.87. The van der Waals surface area contributed by atoms with E-state index in [0.29, 0.717) is 29.9 Å². The molecule has 2 aromatic carbocycles. The molecule has 0 aliphatic carbocycles. The lowest BCUT2D eigenvalue weighted by molar-refractivity contribution is 0.290. The lowest BCUT2D eigenvalue weighted by Gasteiger charge is -2.42. The van der Waals surface area contributed by atoms with Gasteiger partial charge in [0.05, 0.1) is 29.9 Å². The van der Waals surface area contributed by atoms with Crippen molar-refractivity contribution in [1.29, 1.82) is 5.26 Å². The minimum atomic E-state index is -3.03. The summed E-state index contributed by atoms with van der Waals surface area (Å²) < 4.78 is 28.7. The SMILES string of the molecule is CCCCC1(CC)CS(O)(O)c2cc(CCCC#N)c(OC)cc2C(c2ccccc2)N1. The van der Waals surface area contributed by atoms with E-state index >= 15 is 0 Å². The first-order valence-corrected chi connectivity index (χ1v) is 13.3. The third-order valence-corrected chi connectivity index (χ3v) is 8.57. The van der Waals surface area contributed by atoms with E-state index in [-0.39, 0.29) is 11.6 Å². The first kappa shape index (κ1) is 24.6. The zero-order chi connectivity index (χ0) is 23.2. The molecule has 1 aliphatic heterocycles. The molecule has 1 heterocycles. The zero-order valence-corrected chi connectivity index (χ0v) is 20.3. The van der Waals surface area contributed by atoms with Gasteiger partial charge in [-0.15, -0.1) is 0 Å². The maximum atomic E-state index is 11.5. The Hall–Kier alpha value is -2.04. The number of rotatable bonds is 9. The molecule has 3 N–H and O–H groups in total. The van der Waals surface area contributed by atoms with Crippen LogP contribution in [0.3, 0.4) is 0 Å². The Balaban J connectivity index is 2.19. The van der Waals surface area contributed by atoms with Crippen LogP contribution in [0.1, 0.15) is 75.1 Å². The van der Waals surface area contributed by atoms with Gasteiger partial charge in [-0.1, -0.05) is 57.0 Å². The second-order valence-corrected chi connectivity index (χ2v) is 10.8. The summed E-state index contributed by atoms with van der Waals surface area (Å²) in [6, 6.07) is 16.1. The number of unbranched alkanes of at least 4 members (excludes halogenated alkanes) is 2. The zero-order valence-electron chi connectivity index (χ0n) is 19.4. The van der Waals surface area contributed by atoms with E-state index in [1.807, 2.05) is 30.3 Å². The largest absolute Gasteiger partial charge is 0.496 e. The standard InChI is InChI=1S/C26H36N2O3S/c1-4-6-15-26(5-2)19-32(29,30)24-17-21(14-10-11-16-27)23(31-3)18-22(24)25(28-26)20-12-8-7-9-13-20/h7-9,12-13,17-18,25,28-30H,4-6,10-11,14-15,19H2,1-3H3. The van der Waals surface area contributed by atoms with Gasteiger partial charge in [-0.05, 0) is 48.9 Å². The Morgan fingerprint density at radius 3 is 2.56 bits per heavy atom. The maximum Gasteiger partial charge on any atom is 0.122 e. The van der Waals surface area contributed by atoms with Crippen LogP contribution in [0, 0.1) is 11.3 Å². The molecule has 0 amide bonds. The summed E-state index contributed by atoms with van der Waals surface area (Å²) in [7, 11) is -1.39. The summed E-state index contributed by atoms with van der Waals surface area (Å²) >= 11 is 0. The van der Waals surface area contributed by atoms with Gasteiger partial charge >= 0.3 is 0 Å². The van der Waals surface area contributed by atoms with Gasteiger partial charge in [0, 0.05) is 17.5 Å². The number of aryl methyl sites for hydroxylation is 1. The van der Waals surface area contributed by atoms with Crippen molar-refractivity contribution in [3.8, 4) is 11.8 Å². The van der Waals surface area contributed by atoms with Crippen molar-refractivity contribution in [2.24, 2.45) is 0 Å². The van der Waals surface area contributed by atoms with Crippen LogP contribution in [-0.4, -0.2) is 27.5 Å². The molecule has 1 aliphatic rings. The van der Waals surface area contributed by atoms with E-state index in [4.69, 9.17) is 10.00 Å². The van der Waals surface area contributed by atoms with Gasteiger partial charge in [0.15, 0.2) is 0 Å². The Labute approximate surface area is 194 Å². The van der Waals surface area contributed by atoms with Crippen molar-refractivity contribution in [3.63, 3.8) is 0 Å². The normalized spacial score (nSPS) is 22.9. The van der Waals surface area contributed by atoms with Gasteiger partial charge in [0.25, 0.3) is 0 Å². The highest BCUT2D eigenvalue weighted by Crippen LogP contribution is 2.58. The van der Waals surface area contributed by atoms with E-state index in [9.17, 15) is 9.11 Å². The van der Waals surface area contributed by atoms with Crippen LogP contribution in [0.15, 0.2) is 47.4 Å². The molecule has 6 heteroatoms. The maximum absolute atomic E-state index is 11.5. The molecule has 2 atom stereocenters. The van der Waals surface area contributed by atoms with Crippen molar-refractivity contribution in [2.45, 2.75) is 75.3 Å². The summed E-state index contributed by atoms with van der Waals surface area (Å²) in [5.74, 6) is 1.04. The Morgan fingerprint density at radius 2 is 1.94 bits per heavy atom. The molecule has 5 nitrogen and oxygen atoms in total. The molecule has 2 aromatic rings. The molecule has 0 fully saturated rings. The molecule has 0 spiro atoms. The van der Waals surface area contributed by atoms with Gasteiger partial charge < -0.3 is 4.74 Å². The molecule has 0 aromatic heterocycles. The summed E-state index contributed by atoms with van der Waals surface area (Å²) in [6.07, 6.45) is 5.62. The van der Waals surface area contributed by atoms with E-state index < -0.39 is 10.6 Å². The minimum absolute atomic E-state index is 0.168. The number of hydrogen-bond donors (Lipinski definition) is 3. The highest BCUT2D eigenvalue weighted by Gasteiger charge is 2.42. The predicted octanol–water partition coefficient (Wildman–Crippen LogP) is 6.68. The van der Waals surface area contributed by atoms with E-state index in [2.05, 4.69) is 37.4 Å². The first-order valence-electron chi connectivity index (χ1n) is 11.6. The van der Waals surface area contributed by atoms with Crippen LogP contribution < -0.4 is 10.1 Å². The van der Waals surface area contributed by atoms with E-state index in [0.717, 1.165) is 48.1 Å². The second kappa shape index (κ2) is 10.7. The molecule has 0 saturated carbocycles. The third kappa shape index (κ3) is 5.29. The molecule has 0 bridgehead atoms. The Morgan fingerprint density at radius 1 is 1.19 bits per heavy atom. The average Bonchev–Trinajstić information content (AvgIpc) is 2.90. The van der Waals surface area contributed by atoms with Crippen LogP contribution in [0.5, 0.6) is 5.75 Å². The molecule has 3 rings (SSSR count). The number of benzene rings is 2. The summed E-state index contributed by atoms with van der Waals surface area (Å²) in [4.78, 5) is 0.610.